The van der Waals surface area contributed by atoms with Gasteiger partial charge in [0.1, 0.15) is 10.7 Å². The molecule has 128 valence electrons. The Morgan fingerprint density at radius 2 is 1.58 bits per heavy atom. The van der Waals surface area contributed by atoms with Gasteiger partial charge >= 0.3 is 0 Å². The number of sulfonamides is 1. The second kappa shape index (κ2) is 6.18. The van der Waals surface area contributed by atoms with Crippen LogP contribution in [-0.2, 0) is 16.6 Å². The maximum Gasteiger partial charge on any atom is 0.246 e. The van der Waals surface area contributed by atoms with Crippen LogP contribution in [0.1, 0.15) is 18.4 Å². The smallest absolute Gasteiger partial charge is 0.207 e. The highest BCUT2D eigenvalue weighted by atomic mass is 32.2. The highest BCUT2D eigenvalue weighted by Gasteiger charge is 2.40. The van der Waals surface area contributed by atoms with Crippen molar-refractivity contribution in [2.24, 2.45) is 0 Å². The maximum atomic E-state index is 13.9. The molecule has 1 saturated carbocycles. The first-order valence-corrected chi connectivity index (χ1v) is 8.65. The van der Waals surface area contributed by atoms with Gasteiger partial charge in [0, 0.05) is 18.2 Å². The molecule has 0 heterocycles. The Balaban J connectivity index is 2.02. The first kappa shape index (κ1) is 16.9. The second-order valence-electron chi connectivity index (χ2n) is 5.55. The minimum Gasteiger partial charge on any atom is -0.207 e. The third kappa shape index (κ3) is 3.03. The van der Waals surface area contributed by atoms with Gasteiger partial charge in [0.25, 0.3) is 0 Å². The van der Waals surface area contributed by atoms with E-state index in [9.17, 15) is 26.0 Å². The van der Waals surface area contributed by atoms with E-state index in [1.54, 1.807) is 6.07 Å². The number of halogens is 4. The van der Waals surface area contributed by atoms with Crippen molar-refractivity contribution in [2.75, 3.05) is 0 Å². The summed E-state index contributed by atoms with van der Waals surface area (Å²) in [4.78, 5) is -0.954. The van der Waals surface area contributed by atoms with Crippen LogP contribution in [0.3, 0.4) is 0 Å². The van der Waals surface area contributed by atoms with E-state index in [-0.39, 0.29) is 12.1 Å². The molecule has 0 unspecified atom stereocenters. The quantitative estimate of drug-likeness (QED) is 0.604. The van der Waals surface area contributed by atoms with Gasteiger partial charge in [0.2, 0.25) is 10.0 Å². The lowest BCUT2D eigenvalue weighted by Crippen LogP contribution is -2.33. The van der Waals surface area contributed by atoms with Crippen LogP contribution in [0.2, 0.25) is 0 Å². The maximum absolute atomic E-state index is 13.9. The van der Waals surface area contributed by atoms with Crippen molar-refractivity contribution in [1.82, 2.24) is 4.31 Å². The van der Waals surface area contributed by atoms with Crippen molar-refractivity contribution in [3.8, 4) is 0 Å². The van der Waals surface area contributed by atoms with Crippen LogP contribution in [0.4, 0.5) is 17.6 Å². The molecule has 0 bridgehead atoms. The predicted octanol–water partition coefficient (Wildman–Crippen LogP) is 3.60. The molecule has 3 nitrogen and oxygen atoms in total. The third-order valence-electron chi connectivity index (χ3n) is 3.82. The summed E-state index contributed by atoms with van der Waals surface area (Å²) in [6.45, 7) is -0.307. The molecular formula is C16H13F4NO2S. The van der Waals surface area contributed by atoms with Gasteiger partial charge in [-0.15, -0.1) is 0 Å². The lowest BCUT2D eigenvalue weighted by molar-refractivity contribution is 0.382. The monoisotopic (exact) mass is 359 g/mol. The summed E-state index contributed by atoms with van der Waals surface area (Å²) in [7, 11) is -4.44. The summed E-state index contributed by atoms with van der Waals surface area (Å²) in [6.07, 6.45) is 1.08. The largest absolute Gasteiger partial charge is 0.246 e. The number of benzene rings is 2. The normalized spacial score (nSPS) is 15.0. The van der Waals surface area contributed by atoms with Gasteiger partial charge in [-0.25, -0.2) is 26.0 Å². The van der Waals surface area contributed by atoms with Crippen molar-refractivity contribution in [2.45, 2.75) is 30.3 Å². The minimum atomic E-state index is -4.44. The van der Waals surface area contributed by atoms with Gasteiger partial charge in [-0.05, 0) is 31.0 Å². The number of nitrogens with zero attached hydrogens (tertiary/aromatic N) is 1. The molecule has 2 aromatic rings. The zero-order valence-electron chi connectivity index (χ0n) is 12.3. The molecule has 0 N–H and O–H groups in total. The average molecular weight is 359 g/mol. The summed E-state index contributed by atoms with van der Waals surface area (Å²) in [5.74, 6) is -5.69. The molecule has 2 aromatic carbocycles. The fourth-order valence-corrected chi connectivity index (χ4v) is 4.12. The van der Waals surface area contributed by atoms with Gasteiger partial charge in [0.05, 0.1) is 0 Å². The molecule has 0 aromatic heterocycles. The minimum absolute atomic E-state index is 0.121. The molecule has 24 heavy (non-hydrogen) atoms. The Bertz CT molecular complexity index is 882. The zero-order chi connectivity index (χ0) is 17.5. The van der Waals surface area contributed by atoms with Gasteiger partial charge in [0.15, 0.2) is 17.5 Å². The molecular weight excluding hydrogens is 346 g/mol. The summed E-state index contributed by atoms with van der Waals surface area (Å²) in [6, 6.07) is 6.44. The van der Waals surface area contributed by atoms with Crippen molar-refractivity contribution in [1.29, 1.82) is 0 Å². The fraction of sp³-hybridized carbons (Fsp3) is 0.250. The summed E-state index contributed by atoms with van der Waals surface area (Å²) in [5.41, 5.74) is 0.121. The van der Waals surface area contributed by atoms with Gasteiger partial charge in [-0.2, -0.15) is 4.31 Å². The number of hydrogen-bond donors (Lipinski definition) is 0. The molecule has 0 saturated heterocycles. The predicted molar refractivity (Wildman–Crippen MR) is 78.5 cm³/mol. The van der Waals surface area contributed by atoms with Crippen LogP contribution >= 0.6 is 0 Å². The first-order valence-electron chi connectivity index (χ1n) is 7.21. The van der Waals surface area contributed by atoms with E-state index in [4.69, 9.17) is 0 Å². The van der Waals surface area contributed by atoms with E-state index in [0.29, 0.717) is 25.0 Å². The van der Waals surface area contributed by atoms with Crippen molar-refractivity contribution in [3.05, 3.63) is 65.2 Å². The lowest BCUT2D eigenvalue weighted by Gasteiger charge is -2.22. The Morgan fingerprint density at radius 3 is 2.21 bits per heavy atom. The van der Waals surface area contributed by atoms with Gasteiger partial charge in [-0.1, -0.05) is 18.2 Å². The van der Waals surface area contributed by atoms with E-state index in [1.807, 2.05) is 0 Å². The first-order chi connectivity index (χ1) is 11.3. The summed E-state index contributed by atoms with van der Waals surface area (Å²) < 4.78 is 80.5. The number of hydrogen-bond acceptors (Lipinski definition) is 2. The van der Waals surface area contributed by atoms with Crippen LogP contribution in [0.15, 0.2) is 41.3 Å². The highest BCUT2D eigenvalue weighted by molar-refractivity contribution is 7.89. The third-order valence-corrected chi connectivity index (χ3v) is 5.74. The fourth-order valence-electron chi connectivity index (χ4n) is 2.40. The average Bonchev–Trinajstić information content (AvgIpc) is 3.36. The Labute approximate surface area is 136 Å². The lowest BCUT2D eigenvalue weighted by atomic mass is 10.2. The Kier molecular flexibility index (Phi) is 4.35. The van der Waals surface area contributed by atoms with E-state index in [1.165, 1.54) is 18.2 Å². The molecule has 1 aliphatic rings. The Hall–Kier alpha value is -1.93. The molecule has 1 fully saturated rings. The Morgan fingerprint density at radius 1 is 0.917 bits per heavy atom. The molecule has 1 aliphatic carbocycles. The van der Waals surface area contributed by atoms with Crippen LogP contribution in [-0.4, -0.2) is 18.8 Å². The highest BCUT2D eigenvalue weighted by Crippen LogP contribution is 2.35. The molecule has 8 heteroatoms. The zero-order valence-corrected chi connectivity index (χ0v) is 13.2. The summed E-state index contributed by atoms with van der Waals surface area (Å²) >= 11 is 0. The van der Waals surface area contributed by atoms with Gasteiger partial charge in [-0.3, -0.25) is 0 Å². The second-order valence-corrected chi connectivity index (χ2v) is 7.41. The SMILES string of the molecule is O=S(=O)(c1ccc(F)c(F)c1F)N(Cc1ccccc1F)C1CC1. The topological polar surface area (TPSA) is 37.4 Å². The van der Waals surface area contributed by atoms with E-state index >= 15 is 0 Å². The van der Waals surface area contributed by atoms with Crippen molar-refractivity contribution >= 4 is 10.0 Å². The van der Waals surface area contributed by atoms with Crippen molar-refractivity contribution in [3.63, 3.8) is 0 Å². The van der Waals surface area contributed by atoms with Crippen LogP contribution in [0.5, 0.6) is 0 Å². The molecule has 0 atom stereocenters. The van der Waals surface area contributed by atoms with E-state index < -0.39 is 44.2 Å². The molecule has 0 aliphatic heterocycles. The standard InChI is InChI=1S/C16H13F4NO2S/c17-12-4-2-1-3-10(12)9-21(11-5-6-11)24(22,23)14-8-7-13(18)15(19)16(14)20/h1-4,7-8,11H,5-6,9H2. The molecule has 0 radical (unpaired) electrons. The molecule has 0 amide bonds. The number of rotatable bonds is 5. The van der Waals surface area contributed by atoms with Crippen LogP contribution in [0, 0.1) is 23.3 Å². The van der Waals surface area contributed by atoms with Crippen LogP contribution < -0.4 is 0 Å². The van der Waals surface area contributed by atoms with Crippen molar-refractivity contribution < 1.29 is 26.0 Å². The van der Waals surface area contributed by atoms with Gasteiger partial charge < -0.3 is 0 Å². The van der Waals surface area contributed by atoms with E-state index in [2.05, 4.69) is 0 Å². The molecule has 3 rings (SSSR count). The van der Waals surface area contributed by atoms with E-state index in [0.717, 1.165) is 4.31 Å². The van der Waals surface area contributed by atoms with Crippen LogP contribution in [0.25, 0.3) is 0 Å². The summed E-state index contributed by atoms with van der Waals surface area (Å²) in [5, 5.41) is 0. The molecule has 0 spiro atoms.